The molecule has 4 fully saturated rings. The van der Waals surface area contributed by atoms with Crippen molar-refractivity contribution in [2.75, 3.05) is 13.2 Å². The van der Waals surface area contributed by atoms with Crippen LogP contribution in [0.4, 0.5) is 0 Å². The maximum absolute atomic E-state index is 14.4. The number of aliphatic hydroxyl groups excluding tert-OH is 1. The van der Waals surface area contributed by atoms with Gasteiger partial charge in [-0.25, -0.2) is 0 Å². The zero-order valence-corrected chi connectivity index (χ0v) is 20.7. The van der Waals surface area contributed by atoms with Crippen LogP contribution in [-0.4, -0.2) is 80.3 Å². The molecule has 190 valence electrons. The number of hydrogen-bond donors (Lipinski definition) is 2. The number of hydrogen-bond acceptors (Lipinski definition) is 5. The minimum atomic E-state index is -1.18. The lowest BCUT2D eigenvalue weighted by Crippen LogP contribution is -2.61. The number of aliphatic carboxylic acids is 1. The van der Waals surface area contributed by atoms with Gasteiger partial charge in [0.2, 0.25) is 11.8 Å². The summed E-state index contributed by atoms with van der Waals surface area (Å²) in [6.07, 6.45) is 8.44. The molecule has 3 aliphatic heterocycles. The fourth-order valence-corrected chi connectivity index (χ4v) is 7.30. The number of carbonyl (C=O) groups is 3. The number of carboxylic acids is 1. The largest absolute Gasteiger partial charge is 0.481 e. The molecule has 2 unspecified atom stereocenters. The molecule has 0 aromatic carbocycles. The van der Waals surface area contributed by atoms with Crippen LogP contribution in [0.2, 0.25) is 0 Å². The zero-order valence-electron chi connectivity index (χ0n) is 20.7. The number of likely N-dealkylation sites (tertiary alicyclic amines) is 1. The second kappa shape index (κ2) is 9.26. The van der Waals surface area contributed by atoms with Gasteiger partial charge in [0, 0.05) is 12.6 Å². The van der Waals surface area contributed by atoms with E-state index >= 15 is 0 Å². The maximum atomic E-state index is 14.4. The van der Waals surface area contributed by atoms with Gasteiger partial charge in [-0.2, -0.15) is 0 Å². The van der Waals surface area contributed by atoms with Gasteiger partial charge >= 0.3 is 5.97 Å². The zero-order chi connectivity index (χ0) is 24.8. The van der Waals surface area contributed by atoms with Crippen LogP contribution in [0.3, 0.4) is 0 Å². The highest BCUT2D eigenvalue weighted by Gasteiger charge is 2.79. The number of rotatable bonds is 9. The number of nitrogens with zero attached hydrogens (tertiary/aromatic N) is 2. The van der Waals surface area contributed by atoms with E-state index in [2.05, 4.69) is 6.58 Å². The lowest BCUT2D eigenvalue weighted by atomic mass is 9.66. The van der Waals surface area contributed by atoms with Gasteiger partial charge in [0.1, 0.15) is 11.6 Å². The Balaban J connectivity index is 1.82. The Morgan fingerprint density at radius 2 is 1.97 bits per heavy atom. The van der Waals surface area contributed by atoms with E-state index < -0.39 is 41.1 Å². The van der Waals surface area contributed by atoms with Gasteiger partial charge in [-0.3, -0.25) is 14.4 Å². The fraction of sp³-hybridized carbons (Fsp3) is 0.808. The Morgan fingerprint density at radius 3 is 2.53 bits per heavy atom. The summed E-state index contributed by atoms with van der Waals surface area (Å²) in [7, 11) is 0. The third kappa shape index (κ3) is 3.60. The predicted molar refractivity (Wildman–Crippen MR) is 126 cm³/mol. The summed E-state index contributed by atoms with van der Waals surface area (Å²) in [5.41, 5.74) is -2.16. The SMILES string of the molecule is C=CCN(C(=O)C1N([C@@H](CO)[C@@H](C)CC)C(=O)[C@@H]2[C@H](C(=O)O)[C@]3(C)CCC12O3)C1CCCCC1. The Bertz CT molecular complexity index is 841. The Morgan fingerprint density at radius 1 is 1.29 bits per heavy atom. The molecule has 0 aromatic rings. The quantitative estimate of drug-likeness (QED) is 0.496. The van der Waals surface area contributed by atoms with E-state index in [1.54, 1.807) is 13.0 Å². The Labute approximate surface area is 202 Å². The summed E-state index contributed by atoms with van der Waals surface area (Å²) in [4.78, 5) is 44.1. The average molecular weight is 477 g/mol. The third-order valence-electron chi connectivity index (χ3n) is 9.18. The van der Waals surface area contributed by atoms with Crippen molar-refractivity contribution in [1.29, 1.82) is 0 Å². The molecule has 0 aromatic heterocycles. The highest BCUT2D eigenvalue weighted by atomic mass is 16.5. The van der Waals surface area contributed by atoms with Crippen molar-refractivity contribution in [1.82, 2.24) is 9.80 Å². The molecule has 7 atom stereocenters. The molecule has 8 heteroatoms. The van der Waals surface area contributed by atoms with Gasteiger partial charge < -0.3 is 24.7 Å². The summed E-state index contributed by atoms with van der Waals surface area (Å²) >= 11 is 0. The minimum absolute atomic E-state index is 0.0573. The van der Waals surface area contributed by atoms with Crippen LogP contribution in [0.25, 0.3) is 0 Å². The lowest BCUT2D eigenvalue weighted by Gasteiger charge is -2.43. The molecule has 1 aliphatic carbocycles. The average Bonchev–Trinajstić information content (AvgIpc) is 3.39. The van der Waals surface area contributed by atoms with E-state index in [9.17, 15) is 24.6 Å². The Hall–Kier alpha value is -1.93. The normalized spacial score (nSPS) is 36.9. The molecule has 4 aliphatic rings. The van der Waals surface area contributed by atoms with Crippen molar-refractivity contribution in [2.24, 2.45) is 17.8 Å². The molecule has 8 nitrogen and oxygen atoms in total. The predicted octanol–water partition coefficient (Wildman–Crippen LogP) is 2.59. The smallest absolute Gasteiger partial charge is 0.310 e. The first-order valence-corrected chi connectivity index (χ1v) is 12.9. The molecule has 2 amide bonds. The number of aliphatic hydroxyl groups is 1. The first-order valence-electron chi connectivity index (χ1n) is 12.9. The molecular formula is C26H40N2O6. The molecule has 0 radical (unpaired) electrons. The maximum Gasteiger partial charge on any atom is 0.310 e. The van der Waals surface area contributed by atoms with E-state index in [1.807, 2.05) is 18.7 Å². The summed E-state index contributed by atoms with van der Waals surface area (Å²) in [5.74, 6) is -3.61. The Kier molecular flexibility index (Phi) is 6.86. The van der Waals surface area contributed by atoms with E-state index in [-0.39, 0.29) is 30.4 Å². The fourth-order valence-electron chi connectivity index (χ4n) is 7.30. The molecule has 4 rings (SSSR count). The standard InChI is InChI=1S/C26H40N2O6/c1-5-14-27(17-10-8-7-9-11-17)23(31)21-26-13-12-25(4,34-26)20(24(32)33)19(26)22(30)28(21)18(15-29)16(3)6-2/h5,16-21,29H,1,6-15H2,2-4H3,(H,32,33)/t16-,18-,19-,20+,21?,25-,26?/m0/s1. The van der Waals surface area contributed by atoms with Crippen LogP contribution in [0.1, 0.15) is 72.1 Å². The van der Waals surface area contributed by atoms with Crippen molar-refractivity contribution in [3.63, 3.8) is 0 Å². The second-order valence-electron chi connectivity index (χ2n) is 11.0. The van der Waals surface area contributed by atoms with Crippen molar-refractivity contribution >= 4 is 17.8 Å². The van der Waals surface area contributed by atoms with Gasteiger partial charge in [0.25, 0.3) is 0 Å². The van der Waals surface area contributed by atoms with Crippen molar-refractivity contribution in [3.05, 3.63) is 12.7 Å². The molecule has 2 N–H and O–H groups in total. The minimum Gasteiger partial charge on any atom is -0.481 e. The van der Waals surface area contributed by atoms with Gasteiger partial charge in [0.15, 0.2) is 0 Å². The summed E-state index contributed by atoms with van der Waals surface area (Å²) in [6, 6.07) is -1.45. The molecule has 1 spiro atoms. The van der Waals surface area contributed by atoms with Crippen LogP contribution >= 0.6 is 0 Å². The van der Waals surface area contributed by atoms with Crippen LogP contribution in [0.15, 0.2) is 12.7 Å². The van der Waals surface area contributed by atoms with E-state index in [0.29, 0.717) is 25.8 Å². The monoisotopic (exact) mass is 476 g/mol. The number of amides is 2. The first kappa shape index (κ1) is 25.2. The number of carbonyl (C=O) groups excluding carboxylic acids is 2. The van der Waals surface area contributed by atoms with Crippen molar-refractivity contribution in [2.45, 2.75) is 101 Å². The molecule has 1 saturated carbocycles. The summed E-state index contributed by atoms with van der Waals surface area (Å²) < 4.78 is 6.51. The van der Waals surface area contributed by atoms with Gasteiger partial charge in [0.05, 0.1) is 30.1 Å². The molecule has 34 heavy (non-hydrogen) atoms. The molecular weight excluding hydrogens is 436 g/mol. The molecule has 2 bridgehead atoms. The van der Waals surface area contributed by atoms with Gasteiger partial charge in [-0.15, -0.1) is 6.58 Å². The van der Waals surface area contributed by atoms with Crippen molar-refractivity contribution in [3.8, 4) is 0 Å². The first-order chi connectivity index (χ1) is 16.2. The molecule has 3 saturated heterocycles. The molecule has 3 heterocycles. The topological polar surface area (TPSA) is 107 Å². The number of carboxylic acid groups (broad SMARTS) is 1. The number of fused-ring (bicyclic) bond motifs is 1. The highest BCUT2D eigenvalue weighted by Crippen LogP contribution is 2.63. The van der Waals surface area contributed by atoms with E-state index in [4.69, 9.17) is 4.74 Å². The van der Waals surface area contributed by atoms with E-state index in [1.165, 1.54) is 4.90 Å². The van der Waals surface area contributed by atoms with Crippen LogP contribution in [-0.2, 0) is 19.1 Å². The third-order valence-corrected chi connectivity index (χ3v) is 9.18. The van der Waals surface area contributed by atoms with Gasteiger partial charge in [-0.1, -0.05) is 45.6 Å². The number of ether oxygens (including phenoxy) is 1. The van der Waals surface area contributed by atoms with Gasteiger partial charge in [-0.05, 0) is 38.5 Å². The summed E-state index contributed by atoms with van der Waals surface area (Å²) in [6.45, 7) is 9.66. The highest BCUT2D eigenvalue weighted by molar-refractivity contribution is 5.98. The lowest BCUT2D eigenvalue weighted by molar-refractivity contribution is -0.160. The van der Waals surface area contributed by atoms with E-state index in [0.717, 1.165) is 32.1 Å². The second-order valence-corrected chi connectivity index (χ2v) is 11.0. The van der Waals surface area contributed by atoms with Crippen LogP contribution in [0, 0.1) is 17.8 Å². The van der Waals surface area contributed by atoms with Crippen LogP contribution in [0.5, 0.6) is 0 Å². The summed E-state index contributed by atoms with van der Waals surface area (Å²) in [5, 5.41) is 20.5. The van der Waals surface area contributed by atoms with Crippen LogP contribution < -0.4 is 0 Å². The van der Waals surface area contributed by atoms with Crippen molar-refractivity contribution < 1.29 is 29.3 Å².